The molecule has 1 nitrogen and oxygen atoms in total. The normalized spacial score (nSPS) is 25.1. The van der Waals surface area contributed by atoms with Gasteiger partial charge in [0.1, 0.15) is 0 Å². The fraction of sp³-hybridized carbons (Fsp3) is 1.00. The summed E-state index contributed by atoms with van der Waals surface area (Å²) in [7, 11) is 0. The van der Waals surface area contributed by atoms with Crippen LogP contribution in [0, 0.1) is 0 Å². The Hall–Kier alpha value is 0.690. The molecule has 0 saturated carbocycles. The molecule has 0 aliphatic carbocycles. The summed E-state index contributed by atoms with van der Waals surface area (Å²) in [5, 5.41) is 3.37. The van der Waals surface area contributed by atoms with E-state index in [1.165, 1.54) is 23.9 Å². The van der Waals surface area contributed by atoms with Crippen LogP contribution in [0.15, 0.2) is 0 Å². The van der Waals surface area contributed by atoms with Crippen LogP contribution >= 0.6 is 0 Å². The molecule has 0 aromatic carbocycles. The third kappa shape index (κ3) is 2.49. The van der Waals surface area contributed by atoms with Crippen molar-refractivity contribution in [2.24, 2.45) is 0 Å². The molecule has 2 heteroatoms. The molecule has 0 unspecified atom stereocenters. The van der Waals surface area contributed by atoms with E-state index in [-0.39, 0.29) is 0 Å². The topological polar surface area (TPSA) is 12.0 Å². The Bertz CT molecular complexity index is 27.7. The van der Waals surface area contributed by atoms with Crippen LogP contribution in [0.2, 0.25) is 0 Å². The molecule has 0 spiro atoms. The number of alkyl halides is 2. The van der Waals surface area contributed by atoms with Crippen molar-refractivity contribution in [3.63, 3.8) is 0 Å². The number of halogens is 1. The molecule has 0 aromatic rings. The molecule has 0 bridgehead atoms. The van der Waals surface area contributed by atoms with Crippen molar-refractivity contribution in [1.29, 1.82) is 0 Å². The third-order valence-corrected chi connectivity index (χ3v) is 3.85. The maximum atomic E-state index is 3.37. The van der Waals surface area contributed by atoms with Crippen LogP contribution in [0.5, 0.6) is 0 Å². The Morgan fingerprint density at radius 2 is 2.14 bits per heavy atom. The number of rotatable bonds is 0. The van der Waals surface area contributed by atoms with Crippen LogP contribution in [0.4, 0.5) is 0 Å². The van der Waals surface area contributed by atoms with Crippen LogP contribution in [0.3, 0.4) is 0 Å². The van der Waals surface area contributed by atoms with E-state index >= 15 is 0 Å². The summed E-state index contributed by atoms with van der Waals surface area (Å²) in [6.07, 6.45) is 1.44. The van der Waals surface area contributed by atoms with Gasteiger partial charge < -0.3 is 0 Å². The summed E-state index contributed by atoms with van der Waals surface area (Å²) in [5.41, 5.74) is 0. The molecule has 0 aromatic heterocycles. The fourth-order valence-electron chi connectivity index (χ4n) is 0.639. The second-order valence-electron chi connectivity index (χ2n) is 1.67. The van der Waals surface area contributed by atoms with Crippen molar-refractivity contribution in [3.8, 4) is 0 Å². The van der Waals surface area contributed by atoms with E-state index in [1.807, 2.05) is 0 Å². The number of hydrogen-bond acceptors (Lipinski definition) is 1. The second-order valence-corrected chi connectivity index (χ2v) is 4.91. The van der Waals surface area contributed by atoms with Gasteiger partial charge in [-0.25, -0.2) is 0 Å². The second kappa shape index (κ2) is 3.66. The van der Waals surface area contributed by atoms with Gasteiger partial charge in [-0.15, -0.1) is 0 Å². The SMILES string of the molecule is C1CNCC[I-]C1. The minimum absolute atomic E-state index is 0.625. The standard InChI is InChI=1S/C5H11IN/c1-2-6-3-5-7-4-1/h7H,1-5H2/q-1. The Morgan fingerprint density at radius 1 is 1.14 bits per heavy atom. The van der Waals surface area contributed by atoms with Gasteiger partial charge >= 0.3 is 54.9 Å². The Kier molecular flexibility index (Phi) is 3.05. The van der Waals surface area contributed by atoms with E-state index in [4.69, 9.17) is 0 Å². The summed E-state index contributed by atoms with van der Waals surface area (Å²) in [6.45, 7) is 2.58. The third-order valence-electron chi connectivity index (χ3n) is 1.03. The molecule has 44 valence electrons. The molecule has 1 N–H and O–H groups in total. The summed E-state index contributed by atoms with van der Waals surface area (Å²) >= 11 is 0.625. The monoisotopic (exact) mass is 212 g/mol. The molecule has 0 atom stereocenters. The van der Waals surface area contributed by atoms with E-state index in [2.05, 4.69) is 5.32 Å². The zero-order chi connectivity index (χ0) is 4.95. The van der Waals surface area contributed by atoms with Crippen molar-refractivity contribution >= 4 is 0 Å². The summed E-state index contributed by atoms with van der Waals surface area (Å²) in [4.78, 5) is 0. The van der Waals surface area contributed by atoms with Crippen molar-refractivity contribution in [3.05, 3.63) is 0 Å². The van der Waals surface area contributed by atoms with Crippen molar-refractivity contribution in [2.75, 3.05) is 21.9 Å². The first-order chi connectivity index (χ1) is 3.50. The average molecular weight is 212 g/mol. The molecule has 0 amide bonds. The first-order valence-electron chi connectivity index (χ1n) is 2.74. The molecule has 1 aliphatic rings. The average Bonchev–Trinajstić information content (AvgIpc) is 1.90. The maximum absolute atomic E-state index is 3.37. The van der Waals surface area contributed by atoms with Gasteiger partial charge in [-0.3, -0.25) is 0 Å². The van der Waals surface area contributed by atoms with Gasteiger partial charge in [-0.1, -0.05) is 0 Å². The first-order valence-corrected chi connectivity index (χ1v) is 5.79. The van der Waals surface area contributed by atoms with E-state index in [1.54, 1.807) is 4.43 Å². The van der Waals surface area contributed by atoms with E-state index < -0.39 is 0 Å². The minimum atomic E-state index is 0.625. The number of nitrogens with one attached hydrogen (secondary N) is 1. The Morgan fingerprint density at radius 3 is 3.14 bits per heavy atom. The molecule has 1 aliphatic heterocycles. The number of hydrogen-bond donors (Lipinski definition) is 1. The molecule has 1 rings (SSSR count). The van der Waals surface area contributed by atoms with Gasteiger partial charge in [-0.2, -0.15) is 0 Å². The van der Waals surface area contributed by atoms with Crippen molar-refractivity contribution in [1.82, 2.24) is 5.32 Å². The Balaban J connectivity index is 2.04. The van der Waals surface area contributed by atoms with E-state index in [0.717, 1.165) is 0 Å². The summed E-state index contributed by atoms with van der Waals surface area (Å²) in [6, 6.07) is 0. The van der Waals surface area contributed by atoms with Crippen LogP contribution in [-0.4, -0.2) is 21.9 Å². The molecule has 1 fully saturated rings. The zero-order valence-corrected chi connectivity index (χ0v) is 6.57. The predicted molar refractivity (Wildman–Crippen MR) is 27.2 cm³/mol. The van der Waals surface area contributed by atoms with Crippen molar-refractivity contribution in [2.45, 2.75) is 6.42 Å². The van der Waals surface area contributed by atoms with Crippen LogP contribution in [0.1, 0.15) is 6.42 Å². The van der Waals surface area contributed by atoms with E-state index in [9.17, 15) is 0 Å². The first kappa shape index (κ1) is 5.82. The van der Waals surface area contributed by atoms with Gasteiger partial charge in [-0.05, 0) is 0 Å². The molecule has 7 heavy (non-hydrogen) atoms. The van der Waals surface area contributed by atoms with Gasteiger partial charge in [0, 0.05) is 0 Å². The van der Waals surface area contributed by atoms with Crippen LogP contribution in [0.25, 0.3) is 0 Å². The molecule has 0 radical (unpaired) electrons. The summed E-state index contributed by atoms with van der Waals surface area (Å²) in [5.74, 6) is 0. The predicted octanol–water partition coefficient (Wildman–Crippen LogP) is -2.93. The van der Waals surface area contributed by atoms with Crippen LogP contribution < -0.4 is 26.5 Å². The molecular formula is C5H11IN-. The zero-order valence-electron chi connectivity index (χ0n) is 4.41. The van der Waals surface area contributed by atoms with Gasteiger partial charge in [0.15, 0.2) is 0 Å². The van der Waals surface area contributed by atoms with Crippen molar-refractivity contribution < 1.29 is 21.2 Å². The molecular weight excluding hydrogens is 201 g/mol. The Labute approximate surface area is 55.1 Å². The summed E-state index contributed by atoms with van der Waals surface area (Å²) < 4.78 is 3.05. The fourth-order valence-corrected chi connectivity index (χ4v) is 2.86. The van der Waals surface area contributed by atoms with Crippen LogP contribution in [-0.2, 0) is 0 Å². The molecule has 1 saturated heterocycles. The van der Waals surface area contributed by atoms with Gasteiger partial charge in [0.05, 0.1) is 0 Å². The van der Waals surface area contributed by atoms with Gasteiger partial charge in [0.25, 0.3) is 0 Å². The van der Waals surface area contributed by atoms with Gasteiger partial charge in [0.2, 0.25) is 0 Å². The van der Waals surface area contributed by atoms with E-state index in [0.29, 0.717) is 21.2 Å². The molecule has 1 heterocycles. The quantitative estimate of drug-likeness (QED) is 0.335.